The first-order valence-electron chi connectivity index (χ1n) is 9.88. The fourth-order valence-electron chi connectivity index (χ4n) is 3.00. The molecule has 172 valence electrons. The van der Waals surface area contributed by atoms with E-state index in [4.69, 9.17) is 26.8 Å². The normalized spacial score (nSPS) is 13.8. The Morgan fingerprint density at radius 1 is 1.06 bits per heavy atom. The van der Waals surface area contributed by atoms with Crippen LogP contribution in [-0.4, -0.2) is 57.9 Å². The van der Waals surface area contributed by atoms with Crippen LogP contribution in [-0.2, 0) is 4.74 Å². The minimum absolute atomic E-state index is 0.134. The second-order valence-electron chi connectivity index (χ2n) is 6.87. The minimum Gasteiger partial charge on any atom is -0.870 e. The lowest BCUT2D eigenvalue weighted by Gasteiger charge is -2.27. The number of hydrogen-bond donors (Lipinski definition) is 4. The van der Waals surface area contributed by atoms with E-state index in [1.165, 1.54) is 24.4 Å². The Hall–Kier alpha value is -3.71. The van der Waals surface area contributed by atoms with Crippen LogP contribution in [0.25, 0.3) is 0 Å². The first-order chi connectivity index (χ1) is 16.0. The van der Waals surface area contributed by atoms with Crippen LogP contribution in [0.5, 0.6) is 5.75 Å². The van der Waals surface area contributed by atoms with Gasteiger partial charge in [0.1, 0.15) is 0 Å². The minimum atomic E-state index is -0.609. The highest BCUT2D eigenvalue weighted by atomic mass is 35.5. The number of halogens is 1. The molecule has 0 unspecified atom stereocenters. The Morgan fingerprint density at radius 2 is 1.79 bits per heavy atom. The van der Waals surface area contributed by atoms with Crippen LogP contribution in [0.2, 0.25) is 5.02 Å². The largest absolute Gasteiger partial charge is 0.870 e. The maximum atomic E-state index is 12.2. The first-order valence-corrected chi connectivity index (χ1v) is 10.3. The molecule has 0 radical (unpaired) electrons. The summed E-state index contributed by atoms with van der Waals surface area (Å²) in [5, 5.41) is 38.0. The van der Waals surface area contributed by atoms with Crippen molar-refractivity contribution in [2.75, 3.05) is 47.2 Å². The summed E-state index contributed by atoms with van der Waals surface area (Å²) in [4.78, 5) is 15.2. The van der Waals surface area contributed by atoms with Crippen molar-refractivity contribution in [3.8, 4) is 5.75 Å². The Bertz CT molecular complexity index is 1120. The zero-order chi connectivity index (χ0) is 23.2. The Kier molecular flexibility index (Phi) is 7.00. The second kappa shape index (κ2) is 10.3. The number of nitrogens with one attached hydrogen (secondary N) is 2. The van der Waals surface area contributed by atoms with Gasteiger partial charge >= 0.3 is 0 Å². The van der Waals surface area contributed by atoms with E-state index >= 15 is 0 Å². The fourth-order valence-corrected chi connectivity index (χ4v) is 3.12. The molecule has 1 aliphatic rings. The molecule has 33 heavy (non-hydrogen) atoms. The van der Waals surface area contributed by atoms with Crippen molar-refractivity contribution in [3.63, 3.8) is 0 Å². The van der Waals surface area contributed by atoms with Crippen molar-refractivity contribution in [1.29, 1.82) is 0 Å². The summed E-state index contributed by atoms with van der Waals surface area (Å²) < 4.78 is 5.39. The number of rotatable bonds is 7. The van der Waals surface area contributed by atoms with Gasteiger partial charge in [0.2, 0.25) is 17.8 Å². The van der Waals surface area contributed by atoms with Crippen molar-refractivity contribution in [1.82, 2.24) is 15.0 Å². The molecule has 0 bridgehead atoms. The topological polar surface area (TPSA) is 154 Å². The standard InChI is InChI=1S/C20H21ClN8O4/c21-14-4-6-15(7-5-14)23-18-24-19(26-20(25-18)28-8-10-33-11-9-28)27-22-12-13-2-1-3-16(17(13)30)29(31)32/h1-7,12,30-32H,8-11H2,(H2,23,24,25,26,27)/p-1. The molecule has 1 aliphatic heterocycles. The van der Waals surface area contributed by atoms with Gasteiger partial charge in [0.15, 0.2) is 0 Å². The predicted octanol–water partition coefficient (Wildman–Crippen LogP) is 2.21. The molecular formula is C20H20ClN8O4-. The summed E-state index contributed by atoms with van der Waals surface area (Å²) >= 11 is 5.95. The molecule has 2 heterocycles. The van der Waals surface area contributed by atoms with Gasteiger partial charge in [0, 0.05) is 23.8 Å². The van der Waals surface area contributed by atoms with E-state index in [1.807, 2.05) is 4.90 Å². The maximum Gasteiger partial charge on any atom is 0.250 e. The van der Waals surface area contributed by atoms with Crippen LogP contribution in [0.15, 0.2) is 47.6 Å². The summed E-state index contributed by atoms with van der Waals surface area (Å²) in [6.07, 6.45) is 1.24. The molecule has 1 aromatic heterocycles. The summed E-state index contributed by atoms with van der Waals surface area (Å²) in [5.41, 5.74) is 3.26. The Morgan fingerprint density at radius 3 is 2.52 bits per heavy atom. The number of benzene rings is 2. The number of aromatic nitrogens is 3. The molecule has 4 N–H and O–H groups in total. The molecule has 2 aromatic carbocycles. The Balaban J connectivity index is 1.57. The summed E-state index contributed by atoms with van der Waals surface area (Å²) in [6, 6.07) is 11.3. The van der Waals surface area contributed by atoms with Crippen molar-refractivity contribution in [2.24, 2.45) is 5.10 Å². The molecule has 1 saturated heterocycles. The van der Waals surface area contributed by atoms with Crippen LogP contribution in [0.1, 0.15) is 5.56 Å². The third-order valence-electron chi connectivity index (χ3n) is 4.63. The molecule has 0 spiro atoms. The number of nitrogens with zero attached hydrogens (tertiary/aromatic N) is 6. The molecule has 0 saturated carbocycles. The lowest BCUT2D eigenvalue weighted by Crippen LogP contribution is -2.37. The van der Waals surface area contributed by atoms with Gasteiger partial charge in [-0.3, -0.25) is 10.4 Å². The first kappa shape index (κ1) is 22.5. The van der Waals surface area contributed by atoms with Crippen molar-refractivity contribution < 1.29 is 20.3 Å². The second-order valence-corrected chi connectivity index (χ2v) is 7.31. The number of para-hydroxylation sites is 1. The molecule has 13 heteroatoms. The third-order valence-corrected chi connectivity index (χ3v) is 4.88. The van der Waals surface area contributed by atoms with Gasteiger partial charge in [-0.25, -0.2) is 5.43 Å². The number of ether oxygens (including phenoxy) is 1. The average Bonchev–Trinajstić information content (AvgIpc) is 2.82. The van der Waals surface area contributed by atoms with E-state index in [2.05, 4.69) is 30.8 Å². The molecule has 0 aliphatic carbocycles. The van der Waals surface area contributed by atoms with Crippen LogP contribution in [0, 0.1) is 0 Å². The molecule has 1 fully saturated rings. The number of hydrogen-bond acceptors (Lipinski definition) is 12. The quantitative estimate of drug-likeness (QED) is 0.296. The summed E-state index contributed by atoms with van der Waals surface area (Å²) in [6.45, 7) is 2.36. The fraction of sp³-hybridized carbons (Fsp3) is 0.200. The van der Waals surface area contributed by atoms with E-state index in [0.717, 1.165) is 5.69 Å². The van der Waals surface area contributed by atoms with Gasteiger partial charge in [-0.15, -0.1) is 5.23 Å². The maximum absolute atomic E-state index is 12.2. The van der Waals surface area contributed by atoms with Gasteiger partial charge in [0.05, 0.1) is 25.1 Å². The molecule has 0 amide bonds. The zero-order valence-electron chi connectivity index (χ0n) is 17.2. The van der Waals surface area contributed by atoms with E-state index in [-0.39, 0.29) is 28.4 Å². The van der Waals surface area contributed by atoms with Crippen LogP contribution in [0.3, 0.4) is 0 Å². The van der Waals surface area contributed by atoms with Gasteiger partial charge in [-0.2, -0.15) is 20.1 Å². The van der Waals surface area contributed by atoms with E-state index in [1.54, 1.807) is 24.3 Å². The van der Waals surface area contributed by atoms with E-state index < -0.39 is 5.75 Å². The van der Waals surface area contributed by atoms with Gasteiger partial charge in [-0.1, -0.05) is 29.5 Å². The lowest BCUT2D eigenvalue weighted by molar-refractivity contribution is -0.268. The highest BCUT2D eigenvalue weighted by Crippen LogP contribution is 2.25. The number of hydrazone groups is 1. The van der Waals surface area contributed by atoms with Gasteiger partial charge in [-0.05, 0) is 35.9 Å². The number of morpholine rings is 1. The number of anilines is 5. The lowest BCUT2D eigenvalue weighted by atomic mass is 10.2. The molecule has 3 aromatic rings. The van der Waals surface area contributed by atoms with Crippen molar-refractivity contribution >= 4 is 47.0 Å². The highest BCUT2D eigenvalue weighted by Gasteiger charge is 2.16. The van der Waals surface area contributed by atoms with Crippen LogP contribution in [0.4, 0.5) is 29.2 Å². The van der Waals surface area contributed by atoms with Crippen molar-refractivity contribution in [3.05, 3.63) is 53.1 Å². The van der Waals surface area contributed by atoms with Crippen molar-refractivity contribution in [2.45, 2.75) is 0 Å². The van der Waals surface area contributed by atoms with E-state index in [0.29, 0.717) is 37.3 Å². The predicted molar refractivity (Wildman–Crippen MR) is 121 cm³/mol. The average molecular weight is 472 g/mol. The van der Waals surface area contributed by atoms with Crippen LogP contribution >= 0.6 is 11.6 Å². The zero-order valence-corrected chi connectivity index (χ0v) is 18.0. The smallest absolute Gasteiger partial charge is 0.250 e. The van der Waals surface area contributed by atoms with Crippen LogP contribution < -0.4 is 26.0 Å². The molecule has 12 nitrogen and oxygen atoms in total. The third kappa shape index (κ3) is 5.75. The highest BCUT2D eigenvalue weighted by molar-refractivity contribution is 6.30. The summed E-state index contributed by atoms with van der Waals surface area (Å²) in [7, 11) is 0. The SMILES string of the molecule is [O-]c1c(C=NNc2nc(Nc3ccc(Cl)cc3)nc(N3CCOCC3)n2)cccc1N(O)O. The Labute approximate surface area is 193 Å². The van der Waals surface area contributed by atoms with Gasteiger partial charge in [0.25, 0.3) is 0 Å². The van der Waals surface area contributed by atoms with Gasteiger partial charge < -0.3 is 20.1 Å². The monoisotopic (exact) mass is 471 g/mol. The van der Waals surface area contributed by atoms with E-state index in [9.17, 15) is 5.11 Å². The molecule has 4 rings (SSSR count). The molecular weight excluding hydrogens is 452 g/mol. The summed E-state index contributed by atoms with van der Waals surface area (Å²) in [5.74, 6) is 0.260. The molecule has 0 atom stereocenters.